The number of likely N-dealkylation sites (N-methyl/N-ethyl adjacent to an activating group) is 1. The highest BCUT2D eigenvalue weighted by molar-refractivity contribution is 6.34. The maximum Gasteiger partial charge on any atom is 0.309 e. The van der Waals surface area contributed by atoms with Crippen molar-refractivity contribution in [3.05, 3.63) is 42.5 Å². The Hall–Kier alpha value is -2.67. The van der Waals surface area contributed by atoms with Gasteiger partial charge in [0.25, 0.3) is 0 Å². The molecule has 0 bridgehead atoms. The topological polar surface area (TPSA) is 96.5 Å². The van der Waals surface area contributed by atoms with Gasteiger partial charge in [0.05, 0.1) is 0 Å². The van der Waals surface area contributed by atoms with Gasteiger partial charge < -0.3 is 20.7 Å². The number of anilines is 1. The van der Waals surface area contributed by atoms with E-state index in [1.165, 1.54) is 26.3 Å². The average molecular weight is 432 g/mol. The Labute approximate surface area is 186 Å². The number of carbonyl (C=O) groups is 3. The summed E-state index contributed by atoms with van der Waals surface area (Å²) in [5.41, 5.74) is 0.788. The zero-order valence-corrected chi connectivity index (χ0v) is 18.7. The van der Waals surface area contributed by atoms with E-state index in [0.29, 0.717) is 13.2 Å². The molecule has 0 aliphatic heterocycles. The third-order valence-electron chi connectivity index (χ3n) is 4.63. The molecule has 0 saturated carbocycles. The van der Waals surface area contributed by atoms with Gasteiger partial charge in [-0.15, -0.1) is 0 Å². The van der Waals surface area contributed by atoms with E-state index < -0.39 is 11.8 Å². The van der Waals surface area contributed by atoms with Gasteiger partial charge in [-0.2, -0.15) is 0 Å². The van der Waals surface area contributed by atoms with E-state index in [0.717, 1.165) is 44.2 Å². The van der Waals surface area contributed by atoms with E-state index >= 15 is 0 Å². The van der Waals surface area contributed by atoms with Crippen molar-refractivity contribution in [3.8, 4) is 0 Å². The normalized spacial score (nSPS) is 10.7. The SMILES string of the molecule is CNC(=O)C(=O)NCCCC/C=C\CCCCCCCOCC(=O)Nc1ccccc1. The predicted octanol–water partition coefficient (Wildman–Crippen LogP) is 3.57. The zero-order chi connectivity index (χ0) is 22.6. The first-order chi connectivity index (χ1) is 15.1. The monoisotopic (exact) mass is 431 g/mol. The molecule has 0 atom stereocenters. The van der Waals surface area contributed by atoms with Crippen LogP contribution in [0.25, 0.3) is 0 Å². The van der Waals surface area contributed by atoms with E-state index in [1.807, 2.05) is 30.3 Å². The summed E-state index contributed by atoms with van der Waals surface area (Å²) in [6.07, 6.45) is 14.0. The Bertz CT molecular complexity index is 662. The first kappa shape index (κ1) is 26.4. The van der Waals surface area contributed by atoms with Crippen LogP contribution in [0.3, 0.4) is 0 Å². The van der Waals surface area contributed by atoms with Crippen LogP contribution in [0.5, 0.6) is 0 Å². The van der Waals surface area contributed by atoms with Crippen molar-refractivity contribution in [2.45, 2.75) is 57.8 Å². The highest BCUT2D eigenvalue weighted by Gasteiger charge is 2.08. The third-order valence-corrected chi connectivity index (χ3v) is 4.63. The van der Waals surface area contributed by atoms with E-state index in [-0.39, 0.29) is 12.5 Å². The first-order valence-corrected chi connectivity index (χ1v) is 11.2. The molecule has 172 valence electrons. The van der Waals surface area contributed by atoms with Crippen LogP contribution in [-0.4, -0.2) is 44.5 Å². The second-order valence-electron chi connectivity index (χ2n) is 7.33. The minimum atomic E-state index is -0.598. The lowest BCUT2D eigenvalue weighted by molar-refractivity contribution is -0.138. The van der Waals surface area contributed by atoms with Gasteiger partial charge >= 0.3 is 11.8 Å². The molecule has 1 rings (SSSR count). The van der Waals surface area contributed by atoms with Crippen molar-refractivity contribution < 1.29 is 19.1 Å². The molecule has 0 aliphatic carbocycles. The molecule has 0 radical (unpaired) electrons. The van der Waals surface area contributed by atoms with E-state index in [2.05, 4.69) is 28.1 Å². The van der Waals surface area contributed by atoms with Gasteiger partial charge in [-0.1, -0.05) is 49.6 Å². The Morgan fingerprint density at radius 3 is 2.19 bits per heavy atom. The van der Waals surface area contributed by atoms with Crippen LogP contribution < -0.4 is 16.0 Å². The molecule has 0 aliphatic rings. The Kier molecular flexibility index (Phi) is 15.4. The molecule has 0 saturated heterocycles. The van der Waals surface area contributed by atoms with E-state index in [9.17, 15) is 14.4 Å². The van der Waals surface area contributed by atoms with Gasteiger partial charge in [0.2, 0.25) is 5.91 Å². The summed E-state index contributed by atoms with van der Waals surface area (Å²) in [5.74, 6) is -1.29. The van der Waals surface area contributed by atoms with Gasteiger partial charge in [0.15, 0.2) is 0 Å². The van der Waals surface area contributed by atoms with Crippen molar-refractivity contribution in [1.29, 1.82) is 0 Å². The second-order valence-corrected chi connectivity index (χ2v) is 7.33. The van der Waals surface area contributed by atoms with Gasteiger partial charge in [-0.25, -0.2) is 0 Å². The highest BCUT2D eigenvalue weighted by Crippen LogP contribution is 2.07. The molecule has 0 unspecified atom stereocenters. The fourth-order valence-electron chi connectivity index (χ4n) is 2.90. The van der Waals surface area contributed by atoms with Crippen LogP contribution in [0, 0.1) is 0 Å². The van der Waals surface area contributed by atoms with Crippen LogP contribution in [0.1, 0.15) is 57.8 Å². The second kappa shape index (κ2) is 18.1. The van der Waals surface area contributed by atoms with E-state index in [4.69, 9.17) is 4.74 Å². The Morgan fingerprint density at radius 1 is 0.839 bits per heavy atom. The summed E-state index contributed by atoms with van der Waals surface area (Å²) in [6, 6.07) is 9.38. The number of rotatable bonds is 16. The average Bonchev–Trinajstić information content (AvgIpc) is 2.78. The van der Waals surface area contributed by atoms with Gasteiger partial charge in [-0.3, -0.25) is 14.4 Å². The lowest BCUT2D eigenvalue weighted by atomic mass is 10.1. The van der Waals surface area contributed by atoms with Crippen LogP contribution in [0.4, 0.5) is 5.69 Å². The summed E-state index contributed by atoms with van der Waals surface area (Å²) in [6.45, 7) is 1.24. The number of carbonyl (C=O) groups excluding carboxylic acids is 3. The molecule has 3 amide bonds. The molecule has 7 heteroatoms. The van der Waals surface area contributed by atoms with Crippen molar-refractivity contribution in [2.75, 3.05) is 32.1 Å². The Morgan fingerprint density at radius 2 is 1.48 bits per heavy atom. The van der Waals surface area contributed by atoms with Crippen LogP contribution in [0.2, 0.25) is 0 Å². The molecular formula is C24H37N3O4. The Balaban J connectivity index is 1.82. The maximum atomic E-state index is 11.7. The molecule has 0 spiro atoms. The molecule has 1 aromatic carbocycles. The smallest absolute Gasteiger partial charge is 0.309 e. The van der Waals surface area contributed by atoms with Crippen molar-refractivity contribution >= 4 is 23.4 Å². The minimum absolute atomic E-state index is 0.0974. The molecule has 7 nitrogen and oxygen atoms in total. The first-order valence-electron chi connectivity index (χ1n) is 11.2. The lowest BCUT2D eigenvalue weighted by Crippen LogP contribution is -2.38. The zero-order valence-electron chi connectivity index (χ0n) is 18.7. The number of allylic oxidation sites excluding steroid dienone is 2. The largest absolute Gasteiger partial charge is 0.372 e. The van der Waals surface area contributed by atoms with Crippen molar-refractivity contribution in [2.24, 2.45) is 0 Å². The van der Waals surface area contributed by atoms with Crippen LogP contribution >= 0.6 is 0 Å². The predicted molar refractivity (Wildman–Crippen MR) is 124 cm³/mol. The number of amides is 3. The van der Waals surface area contributed by atoms with E-state index in [1.54, 1.807) is 0 Å². The molecule has 3 N–H and O–H groups in total. The third kappa shape index (κ3) is 14.9. The highest BCUT2D eigenvalue weighted by atomic mass is 16.5. The molecule has 0 heterocycles. The van der Waals surface area contributed by atoms with Gasteiger partial charge in [0, 0.05) is 25.9 Å². The molecule has 31 heavy (non-hydrogen) atoms. The van der Waals surface area contributed by atoms with Crippen molar-refractivity contribution in [1.82, 2.24) is 10.6 Å². The number of unbranched alkanes of at least 4 members (excludes halogenated alkanes) is 7. The number of benzene rings is 1. The maximum absolute atomic E-state index is 11.7. The summed E-state index contributed by atoms with van der Waals surface area (Å²) in [5, 5.41) is 7.68. The molecule has 0 fully saturated rings. The van der Waals surface area contributed by atoms with Crippen molar-refractivity contribution in [3.63, 3.8) is 0 Å². The quantitative estimate of drug-likeness (QED) is 0.212. The van der Waals surface area contributed by atoms with Gasteiger partial charge in [-0.05, 0) is 50.7 Å². The van der Waals surface area contributed by atoms with Gasteiger partial charge in [0.1, 0.15) is 6.61 Å². The number of ether oxygens (including phenoxy) is 1. The number of hydrogen-bond donors (Lipinski definition) is 3. The summed E-state index contributed by atoms with van der Waals surface area (Å²) in [7, 11) is 1.44. The molecular weight excluding hydrogens is 394 g/mol. The number of para-hydroxylation sites is 1. The summed E-state index contributed by atoms with van der Waals surface area (Å²) >= 11 is 0. The van der Waals surface area contributed by atoms with Crippen LogP contribution in [-0.2, 0) is 19.1 Å². The number of hydrogen-bond acceptors (Lipinski definition) is 4. The molecule has 1 aromatic rings. The standard InChI is InChI=1S/C24H37N3O4/c1-25-23(29)24(30)26-18-14-9-7-5-3-2-4-6-8-10-15-19-31-20-22(28)27-21-16-12-11-13-17-21/h3,5,11-13,16-17H,2,4,6-10,14-15,18-20H2,1H3,(H,25,29)(H,26,30)(H,27,28)/b5-3-. The fourth-order valence-corrected chi connectivity index (χ4v) is 2.90. The van der Waals surface area contributed by atoms with Crippen LogP contribution in [0.15, 0.2) is 42.5 Å². The lowest BCUT2D eigenvalue weighted by Gasteiger charge is -2.06. The number of nitrogens with one attached hydrogen (secondary N) is 3. The summed E-state index contributed by atoms with van der Waals surface area (Å²) < 4.78 is 5.43. The minimum Gasteiger partial charge on any atom is -0.372 e. The fraction of sp³-hybridized carbons (Fsp3) is 0.542. The molecule has 0 aromatic heterocycles. The summed E-state index contributed by atoms with van der Waals surface area (Å²) in [4.78, 5) is 34.0.